The first-order valence-corrected chi connectivity index (χ1v) is 9.69. The van der Waals surface area contributed by atoms with Crippen molar-refractivity contribution >= 4 is 5.97 Å². The van der Waals surface area contributed by atoms with Crippen molar-refractivity contribution in [2.24, 2.45) is 28.6 Å². The lowest BCUT2D eigenvalue weighted by atomic mass is 9.51. The molecule has 0 amide bonds. The highest BCUT2D eigenvalue weighted by Gasteiger charge is 2.52. The van der Waals surface area contributed by atoms with Gasteiger partial charge in [-0.3, -0.25) is 4.79 Å². The molecule has 1 fully saturated rings. The Labute approximate surface area is 147 Å². The largest absolute Gasteiger partial charge is 0.469 e. The number of hydrogen-bond donors (Lipinski definition) is 1. The summed E-state index contributed by atoms with van der Waals surface area (Å²) < 4.78 is 5.17. The second-order valence-electron chi connectivity index (χ2n) is 8.71. The summed E-state index contributed by atoms with van der Waals surface area (Å²) >= 11 is 0. The average molecular weight is 337 g/mol. The van der Waals surface area contributed by atoms with E-state index < -0.39 is 0 Å². The fourth-order valence-corrected chi connectivity index (χ4v) is 5.09. The number of rotatable bonds is 6. The van der Waals surface area contributed by atoms with Gasteiger partial charge in [0.1, 0.15) is 0 Å². The highest BCUT2D eigenvalue weighted by Crippen LogP contribution is 2.58. The van der Waals surface area contributed by atoms with Crippen molar-refractivity contribution in [3.8, 4) is 0 Å². The van der Waals surface area contributed by atoms with Crippen LogP contribution in [0.4, 0.5) is 0 Å². The van der Waals surface area contributed by atoms with E-state index in [2.05, 4.69) is 33.8 Å². The number of aliphatic hydroxyl groups excluding tert-OH is 1. The minimum Gasteiger partial charge on any atom is -0.469 e. The molecular weight excluding hydrogens is 300 g/mol. The highest BCUT2D eigenvalue weighted by molar-refractivity contribution is 5.77. The number of methoxy groups -OCH3 is 1. The first-order chi connectivity index (χ1) is 11.3. The molecule has 0 bridgehead atoms. The van der Waals surface area contributed by atoms with Crippen LogP contribution < -0.4 is 0 Å². The van der Waals surface area contributed by atoms with Gasteiger partial charge in [0.2, 0.25) is 0 Å². The highest BCUT2D eigenvalue weighted by atomic mass is 16.5. The zero-order valence-electron chi connectivity index (χ0n) is 16.2. The third-order valence-corrected chi connectivity index (χ3v) is 7.24. The number of carbonyl (C=O) groups is 1. The summed E-state index contributed by atoms with van der Waals surface area (Å²) in [5.74, 6) is 1.48. The molecule has 0 spiro atoms. The maximum absolute atomic E-state index is 12.5. The molecule has 0 unspecified atom stereocenters. The number of ether oxygens (including phenoxy) is 1. The Morgan fingerprint density at radius 3 is 2.71 bits per heavy atom. The molecule has 1 saturated carbocycles. The lowest BCUT2D eigenvalue weighted by molar-refractivity contribution is -0.156. The van der Waals surface area contributed by atoms with Crippen LogP contribution >= 0.6 is 0 Å². The predicted octanol–water partition coefficient (Wildman–Crippen LogP) is 4.74. The van der Waals surface area contributed by atoms with Gasteiger partial charge in [0.25, 0.3) is 0 Å². The molecule has 3 nitrogen and oxygen atoms in total. The summed E-state index contributed by atoms with van der Waals surface area (Å²) in [5.41, 5.74) is 1.32. The number of aliphatic hydroxyl groups is 1. The van der Waals surface area contributed by atoms with E-state index in [-0.39, 0.29) is 23.4 Å². The number of fused-ring (bicyclic) bond motifs is 1. The third-order valence-electron chi connectivity index (χ3n) is 7.24. The smallest absolute Gasteiger partial charge is 0.312 e. The average Bonchev–Trinajstić information content (AvgIpc) is 2.56. The number of allylic oxidation sites excluding steroid dienone is 2. The Balaban J connectivity index is 2.25. The standard InChI is InChI=1S/C21H36O3/c1-15(11-14-22)10-13-20(3)16(2)8-9-18-17(20)7-6-12-21(18,4)19(23)24-5/h7,15-16,18,22H,6,8-14H2,1-5H3/t15-,16-,18+,20+,21+/m1/s1. The quantitative estimate of drug-likeness (QED) is 0.563. The van der Waals surface area contributed by atoms with Crippen molar-refractivity contribution in [3.63, 3.8) is 0 Å². The molecule has 0 aliphatic heterocycles. The molecule has 3 heteroatoms. The van der Waals surface area contributed by atoms with E-state index in [0.717, 1.165) is 38.5 Å². The van der Waals surface area contributed by atoms with Gasteiger partial charge in [-0.15, -0.1) is 0 Å². The number of hydrogen-bond acceptors (Lipinski definition) is 3. The zero-order chi connectivity index (χ0) is 18.0. The van der Waals surface area contributed by atoms with E-state index in [1.54, 1.807) is 0 Å². The van der Waals surface area contributed by atoms with Gasteiger partial charge in [-0.05, 0) is 75.0 Å². The molecule has 1 N–H and O–H groups in total. The molecule has 0 saturated heterocycles. The molecule has 0 aromatic rings. The Morgan fingerprint density at radius 1 is 1.38 bits per heavy atom. The van der Waals surface area contributed by atoms with E-state index in [4.69, 9.17) is 4.74 Å². The van der Waals surface area contributed by atoms with Gasteiger partial charge in [0, 0.05) is 6.61 Å². The minimum atomic E-state index is -0.364. The second kappa shape index (κ2) is 7.59. The van der Waals surface area contributed by atoms with Crippen molar-refractivity contribution in [2.45, 2.75) is 72.6 Å². The minimum absolute atomic E-state index is 0.0383. The fourth-order valence-electron chi connectivity index (χ4n) is 5.09. The topological polar surface area (TPSA) is 46.5 Å². The van der Waals surface area contributed by atoms with E-state index in [9.17, 15) is 9.90 Å². The van der Waals surface area contributed by atoms with Crippen LogP contribution in [0.2, 0.25) is 0 Å². The van der Waals surface area contributed by atoms with Gasteiger partial charge >= 0.3 is 5.97 Å². The summed E-state index contributed by atoms with van der Waals surface area (Å²) in [6.07, 6.45) is 9.76. The van der Waals surface area contributed by atoms with E-state index in [1.165, 1.54) is 19.1 Å². The van der Waals surface area contributed by atoms with Crippen LogP contribution in [0.3, 0.4) is 0 Å². The van der Waals surface area contributed by atoms with Crippen molar-refractivity contribution < 1.29 is 14.6 Å². The number of carbonyl (C=O) groups excluding carboxylic acids is 1. The van der Waals surface area contributed by atoms with Gasteiger partial charge in [0.15, 0.2) is 0 Å². The third kappa shape index (κ3) is 3.42. The zero-order valence-corrected chi connectivity index (χ0v) is 16.2. The van der Waals surface area contributed by atoms with E-state index in [0.29, 0.717) is 17.8 Å². The summed E-state index contributed by atoms with van der Waals surface area (Å²) in [6, 6.07) is 0. The Morgan fingerprint density at radius 2 is 2.08 bits per heavy atom. The summed E-state index contributed by atoms with van der Waals surface area (Å²) in [6.45, 7) is 9.40. The molecule has 0 aromatic carbocycles. The first-order valence-electron chi connectivity index (χ1n) is 9.69. The molecule has 138 valence electrons. The van der Waals surface area contributed by atoms with Gasteiger partial charge < -0.3 is 9.84 Å². The van der Waals surface area contributed by atoms with Crippen LogP contribution in [0.5, 0.6) is 0 Å². The maximum Gasteiger partial charge on any atom is 0.312 e. The Hall–Kier alpha value is -0.830. The van der Waals surface area contributed by atoms with Crippen molar-refractivity contribution in [3.05, 3.63) is 11.6 Å². The van der Waals surface area contributed by atoms with Crippen LogP contribution in [0, 0.1) is 28.6 Å². The van der Waals surface area contributed by atoms with Gasteiger partial charge in [-0.2, -0.15) is 0 Å². The molecule has 0 aromatic heterocycles. The molecule has 0 radical (unpaired) electrons. The lowest BCUT2D eigenvalue weighted by Crippen LogP contribution is -2.47. The monoisotopic (exact) mass is 336 g/mol. The van der Waals surface area contributed by atoms with Gasteiger partial charge in [0.05, 0.1) is 12.5 Å². The second-order valence-corrected chi connectivity index (χ2v) is 8.71. The van der Waals surface area contributed by atoms with Crippen molar-refractivity contribution in [1.82, 2.24) is 0 Å². The van der Waals surface area contributed by atoms with E-state index in [1.807, 2.05) is 0 Å². The predicted molar refractivity (Wildman–Crippen MR) is 97.5 cm³/mol. The van der Waals surface area contributed by atoms with Gasteiger partial charge in [-0.25, -0.2) is 0 Å². The Bertz CT molecular complexity index is 483. The van der Waals surface area contributed by atoms with Crippen molar-refractivity contribution in [2.75, 3.05) is 13.7 Å². The normalized spacial score (nSPS) is 37.3. The first kappa shape index (κ1) is 19.5. The number of esters is 1. The van der Waals surface area contributed by atoms with Crippen LogP contribution in [0.1, 0.15) is 72.6 Å². The SMILES string of the molecule is COC(=O)[C@@]1(C)CCC=C2[C@@H]1CC[C@@H](C)[C@]2(C)CC[C@@H](C)CCO. The summed E-state index contributed by atoms with van der Waals surface area (Å²) in [7, 11) is 1.52. The summed E-state index contributed by atoms with van der Waals surface area (Å²) in [5, 5.41) is 9.17. The van der Waals surface area contributed by atoms with Crippen molar-refractivity contribution in [1.29, 1.82) is 0 Å². The molecule has 5 atom stereocenters. The molecule has 2 aliphatic rings. The molecule has 24 heavy (non-hydrogen) atoms. The van der Waals surface area contributed by atoms with Crippen LogP contribution in [0.25, 0.3) is 0 Å². The van der Waals surface area contributed by atoms with Gasteiger partial charge in [-0.1, -0.05) is 32.4 Å². The van der Waals surface area contributed by atoms with E-state index >= 15 is 0 Å². The fraction of sp³-hybridized carbons (Fsp3) is 0.857. The molecule has 2 rings (SSSR count). The van der Waals surface area contributed by atoms with Crippen LogP contribution in [-0.2, 0) is 9.53 Å². The molecule has 2 aliphatic carbocycles. The summed E-state index contributed by atoms with van der Waals surface area (Å²) in [4.78, 5) is 12.5. The Kier molecular flexibility index (Phi) is 6.17. The van der Waals surface area contributed by atoms with Crippen LogP contribution in [-0.4, -0.2) is 24.8 Å². The molecular formula is C21H36O3. The molecule has 0 heterocycles. The lowest BCUT2D eigenvalue weighted by Gasteiger charge is -2.53. The van der Waals surface area contributed by atoms with Crippen LogP contribution in [0.15, 0.2) is 11.6 Å². The maximum atomic E-state index is 12.5.